The molecule has 5 rings (SSSR count). The van der Waals surface area contributed by atoms with E-state index in [9.17, 15) is 50.4 Å². The van der Waals surface area contributed by atoms with Crippen LogP contribution in [0.15, 0.2) is 59.8 Å². The molecule has 560 valence electrons. The normalized spacial score (nSPS) is 40.8. The average molecular weight is 1380 g/mol. The van der Waals surface area contributed by atoms with Crippen molar-refractivity contribution < 1.29 is 97.8 Å². The molecule has 29 atom stereocenters. The molecule has 5 aliphatic rings. The van der Waals surface area contributed by atoms with Gasteiger partial charge in [0.1, 0.15) is 12.2 Å². The van der Waals surface area contributed by atoms with Crippen molar-refractivity contribution in [3.63, 3.8) is 0 Å². The van der Waals surface area contributed by atoms with Crippen LogP contribution < -0.4 is 0 Å². The molecule has 0 spiro atoms. The summed E-state index contributed by atoms with van der Waals surface area (Å²) in [5, 5.41) is 94.0. The predicted octanol–water partition coefficient (Wildman–Crippen LogP) is 10.1. The van der Waals surface area contributed by atoms with Crippen LogP contribution in [0.2, 0.25) is 0 Å². The third kappa shape index (κ3) is 29.0. The van der Waals surface area contributed by atoms with Crippen molar-refractivity contribution >= 4 is 11.9 Å². The molecule has 0 radical (unpaired) electrons. The number of fused-ring (bicyclic) bond motifs is 4. The van der Waals surface area contributed by atoms with Gasteiger partial charge in [-0.2, -0.15) is 0 Å². The van der Waals surface area contributed by atoms with Crippen LogP contribution in [0.5, 0.6) is 0 Å². The number of allylic oxidation sites excluding steroid dienone is 4. The third-order valence-electron chi connectivity index (χ3n) is 22.0. The van der Waals surface area contributed by atoms with Gasteiger partial charge in [0.05, 0.1) is 122 Å². The van der Waals surface area contributed by atoms with Crippen LogP contribution in [0, 0.1) is 41.4 Å². The fraction of sp³-hybridized carbons (Fsp3) is 0.844. The van der Waals surface area contributed by atoms with Crippen molar-refractivity contribution in [1.29, 1.82) is 0 Å². The summed E-state index contributed by atoms with van der Waals surface area (Å²) in [5.74, 6) is -4.94. The van der Waals surface area contributed by atoms with Gasteiger partial charge in [-0.1, -0.05) is 96.1 Å². The minimum absolute atomic E-state index is 0.0233. The number of hydrogen-bond acceptors (Lipinski definition) is 20. The molecule has 0 unspecified atom stereocenters. The lowest BCUT2D eigenvalue weighted by Gasteiger charge is -2.38. The van der Waals surface area contributed by atoms with Crippen LogP contribution in [-0.2, 0) is 57.0 Å². The molecule has 5 heterocycles. The summed E-state index contributed by atoms with van der Waals surface area (Å²) in [5.41, 5.74) is 1.41. The Kier molecular flexibility index (Phi) is 37.7. The molecule has 0 amide bonds. The first-order chi connectivity index (χ1) is 46.0. The van der Waals surface area contributed by atoms with Crippen LogP contribution >= 0.6 is 0 Å². The molecular formula is C77H132O20. The number of methoxy groups -OCH3 is 4. The second-order valence-electron chi connectivity index (χ2n) is 30.2. The van der Waals surface area contributed by atoms with E-state index in [0.717, 1.165) is 44.9 Å². The summed E-state index contributed by atoms with van der Waals surface area (Å²) in [6.45, 7) is 20.7. The summed E-state index contributed by atoms with van der Waals surface area (Å²) < 4.78 is 61.2. The lowest BCUT2D eigenvalue weighted by Crippen LogP contribution is -2.45. The van der Waals surface area contributed by atoms with Gasteiger partial charge >= 0.3 is 11.9 Å². The number of carbonyl (C=O) groups excluding carboxylic acids is 2. The highest BCUT2D eigenvalue weighted by molar-refractivity contribution is 5.83. The van der Waals surface area contributed by atoms with Crippen LogP contribution in [0.4, 0.5) is 0 Å². The van der Waals surface area contributed by atoms with E-state index >= 15 is 0 Å². The first kappa shape index (κ1) is 84.7. The molecule has 0 aromatic heterocycles. The maximum absolute atomic E-state index is 13.9. The van der Waals surface area contributed by atoms with Gasteiger partial charge in [0.2, 0.25) is 0 Å². The number of ether oxygens (including phenoxy) is 10. The summed E-state index contributed by atoms with van der Waals surface area (Å²) in [6, 6.07) is 0. The van der Waals surface area contributed by atoms with Crippen molar-refractivity contribution in [2.24, 2.45) is 41.4 Å². The predicted molar refractivity (Wildman–Crippen MR) is 373 cm³/mol. The number of rotatable bonds is 16. The van der Waals surface area contributed by atoms with E-state index in [1.165, 1.54) is 12.2 Å². The number of aliphatic hydroxyl groups excluding tert-OH is 8. The van der Waals surface area contributed by atoms with Gasteiger partial charge in [0.15, 0.2) is 0 Å². The highest BCUT2D eigenvalue weighted by Gasteiger charge is 2.42. The standard InChI is InChI=1S/C77H132O20/c1-45-22-28-56(78)36-59-18-16-20-61(94-59)40-67(90-14)38-58(80)39-68(81)52(8)76(54(10)74(86)47(3)26-30-63-41-65(88-12)34-49(5)92-63)96-72(84)32-24-46(2)23-29-57(79)37-60-19-17-21-62(95-60)43-71(91-15)51(7)69(82)44-70(83)53(9)77(97-73(85)33-25-45)55(11)75(87)48(4)27-31-64-42-66(89-13)35-50(6)93-64/h17,19,22-25,32-33,47-71,74-83,86-87H,16,18,20-21,26-31,34-44H2,1-15H3/b32-24+,33-25+,45-22+,46-23+/t47-,48-,49-,50-,51-,52-,53-,54-,55-,56-,57-,58+,59-,60-,61+,62+,63-,64-,65+,66+,67+,68+,69-,70+,71-,74-,75-,76-,77-/m0/s1. The Labute approximate surface area is 582 Å². The minimum Gasteiger partial charge on any atom is -0.458 e. The van der Waals surface area contributed by atoms with Gasteiger partial charge in [0, 0.05) is 83.0 Å². The topological polar surface area (TPSA) is 288 Å². The summed E-state index contributed by atoms with van der Waals surface area (Å²) in [4.78, 5) is 27.8. The van der Waals surface area contributed by atoms with E-state index in [1.807, 2.05) is 86.6 Å². The second-order valence-corrected chi connectivity index (χ2v) is 30.2. The number of cyclic esters (lactones) is 2. The third-order valence-corrected chi connectivity index (χ3v) is 22.0. The first-order valence-corrected chi connectivity index (χ1v) is 37.0. The highest BCUT2D eigenvalue weighted by Crippen LogP contribution is 2.37. The van der Waals surface area contributed by atoms with Crippen LogP contribution in [0.25, 0.3) is 0 Å². The van der Waals surface area contributed by atoms with E-state index in [2.05, 4.69) is 0 Å². The number of carbonyl (C=O) groups is 2. The molecule has 0 aliphatic carbocycles. The van der Waals surface area contributed by atoms with Crippen molar-refractivity contribution in [3.8, 4) is 0 Å². The zero-order chi connectivity index (χ0) is 71.6. The van der Waals surface area contributed by atoms with E-state index < -0.39 is 121 Å². The van der Waals surface area contributed by atoms with Gasteiger partial charge in [0.25, 0.3) is 0 Å². The van der Waals surface area contributed by atoms with Crippen molar-refractivity contribution in [2.45, 2.75) is 345 Å². The van der Waals surface area contributed by atoms with Gasteiger partial charge in [-0.05, 0) is 162 Å². The molecule has 3 fully saturated rings. The molecule has 20 nitrogen and oxygen atoms in total. The number of hydrogen-bond donors (Lipinski definition) is 8. The van der Waals surface area contributed by atoms with Crippen LogP contribution in [0.3, 0.4) is 0 Å². The molecule has 5 aliphatic heterocycles. The number of aliphatic hydroxyl groups is 8. The molecule has 0 aromatic carbocycles. The van der Waals surface area contributed by atoms with Crippen LogP contribution in [0.1, 0.15) is 211 Å². The van der Waals surface area contributed by atoms with E-state index in [0.29, 0.717) is 68.9 Å². The van der Waals surface area contributed by atoms with E-state index in [-0.39, 0.29) is 98.9 Å². The van der Waals surface area contributed by atoms with E-state index in [4.69, 9.17) is 47.4 Å². The molecule has 20 heteroatoms. The van der Waals surface area contributed by atoms with Crippen molar-refractivity contribution in [3.05, 3.63) is 59.8 Å². The maximum atomic E-state index is 13.9. The Morgan fingerprint density at radius 3 is 1.41 bits per heavy atom. The molecule has 3 saturated heterocycles. The van der Waals surface area contributed by atoms with Gasteiger partial charge in [-0.25, -0.2) is 9.59 Å². The maximum Gasteiger partial charge on any atom is 0.331 e. The Balaban J connectivity index is 1.35. The Morgan fingerprint density at radius 2 is 0.928 bits per heavy atom. The van der Waals surface area contributed by atoms with Gasteiger partial charge in [-0.3, -0.25) is 0 Å². The monoisotopic (exact) mass is 1380 g/mol. The Hall–Kier alpha value is -3.00. The SMILES string of the molecule is CO[C@@H]1C[C@@H](O)C[C@@H](O)[C@H](C)[C@@H]([C@@H](C)[C@@H](O)[C@@H](C)CC[C@H]2C[C@H](OC)C[C@H](C)O2)OC(=O)/C=C/C(C)=C/C[C@H](O)C[C@@H]2C=CC[C@H](C[C@H](OC)[C@@H](C)[C@@H](O)C[C@@H](O)[C@H](C)[C@@H]([C@@H](C)[C@@H](O)[C@@H](C)CC[C@H]3C[C@H](OC)C[C@H](C)O3)OC(=O)/C=C/C(C)=C/C[C@H](O)C[C@@H]3CCC[C@H](C1)O3)O2. The molecule has 0 aromatic rings. The number of esters is 2. The summed E-state index contributed by atoms with van der Waals surface area (Å²) >= 11 is 0. The summed E-state index contributed by atoms with van der Waals surface area (Å²) in [6.07, 6.45) is 13.1. The fourth-order valence-electron chi connectivity index (χ4n) is 15.5. The van der Waals surface area contributed by atoms with Crippen molar-refractivity contribution in [2.75, 3.05) is 28.4 Å². The summed E-state index contributed by atoms with van der Waals surface area (Å²) in [7, 11) is 6.60. The zero-order valence-corrected chi connectivity index (χ0v) is 61.7. The second kappa shape index (κ2) is 43.2. The largest absolute Gasteiger partial charge is 0.458 e. The lowest BCUT2D eigenvalue weighted by atomic mass is 9.78. The Bertz CT molecular complexity index is 2400. The van der Waals surface area contributed by atoms with E-state index in [1.54, 1.807) is 54.4 Å². The average Bonchev–Trinajstić information content (AvgIpc) is 0.861. The quantitative estimate of drug-likeness (QED) is 0.0527. The minimum atomic E-state index is -1.16. The molecule has 0 saturated carbocycles. The highest BCUT2D eigenvalue weighted by atomic mass is 16.6. The smallest absolute Gasteiger partial charge is 0.331 e. The first-order valence-electron chi connectivity index (χ1n) is 37.0. The molecular weight excluding hydrogens is 1240 g/mol. The zero-order valence-electron chi connectivity index (χ0n) is 61.7. The fourth-order valence-corrected chi connectivity index (χ4v) is 15.5. The molecule has 97 heavy (non-hydrogen) atoms. The van der Waals surface area contributed by atoms with Crippen LogP contribution in [-0.4, -0.2) is 216 Å². The Morgan fingerprint density at radius 1 is 0.474 bits per heavy atom. The van der Waals surface area contributed by atoms with Gasteiger partial charge < -0.3 is 88.2 Å². The molecule has 4 bridgehead atoms. The van der Waals surface area contributed by atoms with Gasteiger partial charge in [-0.15, -0.1) is 0 Å². The molecule has 8 N–H and O–H groups in total. The van der Waals surface area contributed by atoms with Crippen molar-refractivity contribution in [1.82, 2.24) is 0 Å². The lowest BCUT2D eigenvalue weighted by molar-refractivity contribution is -0.158.